The van der Waals surface area contributed by atoms with Crippen LogP contribution in [0.5, 0.6) is 5.75 Å². The van der Waals surface area contributed by atoms with Gasteiger partial charge in [0.2, 0.25) is 0 Å². The van der Waals surface area contributed by atoms with Gasteiger partial charge in [-0.2, -0.15) is 0 Å². The average molecular weight is 377 g/mol. The minimum atomic E-state index is 0.524. The average Bonchev–Trinajstić information content (AvgIpc) is 2.67. The van der Waals surface area contributed by atoms with Gasteiger partial charge in [0, 0.05) is 39.3 Å². The molecule has 0 aliphatic carbocycles. The summed E-state index contributed by atoms with van der Waals surface area (Å²) in [5.74, 6) is 2.36. The monoisotopic (exact) mass is 376 g/mol. The van der Waals surface area contributed by atoms with E-state index in [9.17, 15) is 0 Å². The highest BCUT2D eigenvalue weighted by atomic mass is 16.5. The van der Waals surface area contributed by atoms with Gasteiger partial charge in [-0.15, -0.1) is 0 Å². The third-order valence-electron chi connectivity index (χ3n) is 4.70. The Morgan fingerprint density at radius 2 is 2.07 bits per heavy atom. The van der Waals surface area contributed by atoms with E-state index in [1.54, 1.807) is 7.11 Å². The molecule has 1 aromatic carbocycles. The Kier molecular flexibility index (Phi) is 9.42. The van der Waals surface area contributed by atoms with Crippen molar-refractivity contribution in [3.63, 3.8) is 0 Å². The molecular formula is C21H36N4O2. The highest BCUT2D eigenvalue weighted by Gasteiger charge is 2.13. The van der Waals surface area contributed by atoms with Gasteiger partial charge in [0.05, 0.1) is 20.3 Å². The first-order valence-corrected chi connectivity index (χ1v) is 10.1. The third-order valence-corrected chi connectivity index (χ3v) is 4.70. The van der Waals surface area contributed by atoms with E-state index < -0.39 is 0 Å². The Hall–Kier alpha value is -1.79. The lowest BCUT2D eigenvalue weighted by atomic mass is 10.1. The molecule has 152 valence electrons. The lowest BCUT2D eigenvalue weighted by Crippen LogP contribution is -2.40. The van der Waals surface area contributed by atoms with E-state index in [0.717, 1.165) is 70.6 Å². The number of aryl methyl sites for hydroxylation is 1. The van der Waals surface area contributed by atoms with Crippen LogP contribution in [0.3, 0.4) is 0 Å². The van der Waals surface area contributed by atoms with Crippen LogP contribution in [0.15, 0.2) is 23.2 Å². The Bertz CT molecular complexity index is 586. The van der Waals surface area contributed by atoms with E-state index >= 15 is 0 Å². The summed E-state index contributed by atoms with van der Waals surface area (Å²) in [5.41, 5.74) is 2.48. The molecular weight excluding hydrogens is 340 g/mol. The number of rotatable bonds is 9. The van der Waals surface area contributed by atoms with E-state index in [1.807, 2.05) is 6.07 Å². The van der Waals surface area contributed by atoms with Crippen molar-refractivity contribution < 1.29 is 9.47 Å². The lowest BCUT2D eigenvalue weighted by Gasteiger charge is -2.28. The Morgan fingerprint density at radius 1 is 1.30 bits per heavy atom. The second kappa shape index (κ2) is 11.8. The fourth-order valence-corrected chi connectivity index (χ4v) is 3.29. The molecule has 1 fully saturated rings. The van der Waals surface area contributed by atoms with E-state index in [4.69, 9.17) is 14.5 Å². The third kappa shape index (κ3) is 7.77. The topological polar surface area (TPSA) is 58.1 Å². The predicted octanol–water partition coefficient (Wildman–Crippen LogP) is 2.07. The van der Waals surface area contributed by atoms with Crippen LogP contribution in [-0.2, 0) is 11.2 Å². The molecule has 0 spiro atoms. The second-order valence-corrected chi connectivity index (χ2v) is 7.23. The molecule has 1 heterocycles. The number of nitrogens with zero attached hydrogens (tertiary/aromatic N) is 2. The molecule has 1 aromatic rings. The molecule has 0 aromatic heterocycles. The Labute approximate surface area is 164 Å². The Morgan fingerprint density at radius 3 is 2.78 bits per heavy atom. The van der Waals surface area contributed by atoms with Crippen LogP contribution in [0.1, 0.15) is 25.0 Å². The van der Waals surface area contributed by atoms with Gasteiger partial charge in [0.1, 0.15) is 5.75 Å². The molecule has 0 radical (unpaired) electrons. The summed E-state index contributed by atoms with van der Waals surface area (Å²) in [6.07, 6.45) is 0.901. The van der Waals surface area contributed by atoms with E-state index in [1.165, 1.54) is 11.1 Å². The smallest absolute Gasteiger partial charge is 0.191 e. The maximum absolute atomic E-state index is 5.47. The molecule has 1 unspecified atom stereocenters. The zero-order valence-corrected chi connectivity index (χ0v) is 17.4. The summed E-state index contributed by atoms with van der Waals surface area (Å²) in [6, 6.07) is 6.31. The van der Waals surface area contributed by atoms with Gasteiger partial charge in [-0.3, -0.25) is 9.89 Å². The first-order valence-electron chi connectivity index (χ1n) is 10.1. The molecule has 1 atom stereocenters. The molecule has 27 heavy (non-hydrogen) atoms. The van der Waals surface area contributed by atoms with Gasteiger partial charge < -0.3 is 20.1 Å². The second-order valence-electron chi connectivity index (χ2n) is 7.23. The number of benzene rings is 1. The van der Waals surface area contributed by atoms with Crippen molar-refractivity contribution in [2.45, 2.75) is 27.2 Å². The summed E-state index contributed by atoms with van der Waals surface area (Å²) in [6.45, 7) is 13.8. The summed E-state index contributed by atoms with van der Waals surface area (Å²) in [4.78, 5) is 7.24. The highest BCUT2D eigenvalue weighted by molar-refractivity contribution is 5.79. The number of guanidine groups is 1. The number of morpholine rings is 1. The minimum Gasteiger partial charge on any atom is -0.496 e. The van der Waals surface area contributed by atoms with Crippen LogP contribution in [0.2, 0.25) is 0 Å². The number of methoxy groups -OCH3 is 1. The predicted molar refractivity (Wildman–Crippen MR) is 112 cm³/mol. The van der Waals surface area contributed by atoms with Gasteiger partial charge in [-0.05, 0) is 37.8 Å². The summed E-state index contributed by atoms with van der Waals surface area (Å²) < 4.78 is 10.9. The molecule has 1 aliphatic rings. The SMILES string of the molecule is CCNC(=NCC(C)CN1CCOCC1)NCCc1cc(C)ccc1OC. The number of hydrogen-bond acceptors (Lipinski definition) is 4. The highest BCUT2D eigenvalue weighted by Crippen LogP contribution is 2.19. The standard InChI is InChI=1S/C21H36N4O2/c1-5-22-21(24-15-18(3)16-25-10-12-27-13-11-25)23-9-8-19-14-17(2)6-7-20(19)26-4/h6-7,14,18H,5,8-13,15-16H2,1-4H3,(H2,22,23,24). The first kappa shape index (κ1) is 21.5. The number of nitrogens with one attached hydrogen (secondary N) is 2. The van der Waals surface area contributed by atoms with E-state index in [-0.39, 0.29) is 0 Å². The molecule has 2 rings (SSSR count). The van der Waals surface area contributed by atoms with Crippen LogP contribution < -0.4 is 15.4 Å². The molecule has 6 heteroatoms. The summed E-state index contributed by atoms with van der Waals surface area (Å²) >= 11 is 0. The number of aliphatic imine (C=N–C) groups is 1. The van der Waals surface area contributed by atoms with E-state index in [0.29, 0.717) is 5.92 Å². The van der Waals surface area contributed by atoms with Crippen molar-refractivity contribution in [3.8, 4) is 5.75 Å². The van der Waals surface area contributed by atoms with Gasteiger partial charge in [-0.1, -0.05) is 24.6 Å². The number of hydrogen-bond donors (Lipinski definition) is 2. The minimum absolute atomic E-state index is 0.524. The van der Waals surface area contributed by atoms with E-state index in [2.05, 4.69) is 48.4 Å². The van der Waals surface area contributed by atoms with Crippen LogP contribution in [0.4, 0.5) is 0 Å². The van der Waals surface area contributed by atoms with Gasteiger partial charge in [0.15, 0.2) is 5.96 Å². The van der Waals surface area contributed by atoms with Crippen LogP contribution in [-0.4, -0.2) is 70.5 Å². The Balaban J connectivity index is 1.81. The van der Waals surface area contributed by atoms with Crippen molar-refractivity contribution in [2.24, 2.45) is 10.9 Å². The van der Waals surface area contributed by atoms with Crippen LogP contribution in [0, 0.1) is 12.8 Å². The van der Waals surface area contributed by atoms with Crippen LogP contribution >= 0.6 is 0 Å². The fourth-order valence-electron chi connectivity index (χ4n) is 3.29. The van der Waals surface area contributed by atoms with Crippen molar-refractivity contribution in [1.29, 1.82) is 0 Å². The lowest BCUT2D eigenvalue weighted by molar-refractivity contribution is 0.0323. The van der Waals surface area contributed by atoms with Crippen molar-refractivity contribution in [1.82, 2.24) is 15.5 Å². The van der Waals surface area contributed by atoms with Gasteiger partial charge in [0.25, 0.3) is 0 Å². The fraction of sp³-hybridized carbons (Fsp3) is 0.667. The molecule has 0 saturated carbocycles. The zero-order chi connectivity index (χ0) is 19.5. The van der Waals surface area contributed by atoms with Crippen molar-refractivity contribution in [3.05, 3.63) is 29.3 Å². The molecule has 1 saturated heterocycles. The zero-order valence-electron chi connectivity index (χ0n) is 17.4. The van der Waals surface area contributed by atoms with Crippen LogP contribution in [0.25, 0.3) is 0 Å². The largest absolute Gasteiger partial charge is 0.496 e. The quantitative estimate of drug-likeness (QED) is 0.510. The summed E-state index contributed by atoms with van der Waals surface area (Å²) in [5, 5.41) is 6.79. The normalized spacial score (nSPS) is 16.8. The number of ether oxygens (including phenoxy) is 2. The van der Waals surface area contributed by atoms with Gasteiger partial charge in [-0.25, -0.2) is 0 Å². The molecule has 1 aliphatic heterocycles. The maximum Gasteiger partial charge on any atom is 0.191 e. The van der Waals surface area contributed by atoms with Gasteiger partial charge >= 0.3 is 0 Å². The van der Waals surface area contributed by atoms with Crippen molar-refractivity contribution in [2.75, 3.05) is 59.6 Å². The molecule has 0 amide bonds. The first-order chi connectivity index (χ1) is 13.1. The summed E-state index contributed by atoms with van der Waals surface area (Å²) in [7, 11) is 1.73. The maximum atomic E-state index is 5.47. The molecule has 6 nitrogen and oxygen atoms in total. The molecule has 2 N–H and O–H groups in total. The van der Waals surface area contributed by atoms with Crippen molar-refractivity contribution >= 4 is 5.96 Å². The molecule has 0 bridgehead atoms.